The van der Waals surface area contributed by atoms with E-state index in [0.29, 0.717) is 0 Å². The van der Waals surface area contributed by atoms with Crippen LogP contribution in [0.5, 0.6) is 5.75 Å². The summed E-state index contributed by atoms with van der Waals surface area (Å²) in [7, 11) is 0. The maximum Gasteiger partial charge on any atom is 0.120 e. The molecule has 3 rings (SSSR count). The van der Waals surface area contributed by atoms with Crippen molar-refractivity contribution in [1.29, 1.82) is 0 Å². The van der Waals surface area contributed by atoms with Crippen LogP contribution in [0.1, 0.15) is 20.8 Å². The van der Waals surface area contributed by atoms with Crippen LogP contribution in [0.4, 0.5) is 0 Å². The summed E-state index contributed by atoms with van der Waals surface area (Å²) in [6, 6.07) is 14.6. The maximum absolute atomic E-state index is 5.88. The van der Waals surface area contributed by atoms with Gasteiger partial charge in [-0.25, -0.2) is 0 Å². The molecule has 1 heterocycles. The molecule has 2 heteroatoms. The Morgan fingerprint density at radius 1 is 0.947 bits per heavy atom. The number of hydrogen-bond acceptors (Lipinski definition) is 1. The average Bonchev–Trinajstić information content (AvgIpc) is 2.73. The third-order valence-electron chi connectivity index (χ3n) is 3.15. The fraction of sp³-hybridized carbons (Fsp3) is 0.294. The van der Waals surface area contributed by atoms with Crippen LogP contribution in [0.15, 0.2) is 42.5 Å². The minimum Gasteiger partial charge on any atom is -0.493 e. The van der Waals surface area contributed by atoms with E-state index in [2.05, 4.69) is 62.2 Å². The zero-order valence-corrected chi connectivity index (χ0v) is 11.7. The van der Waals surface area contributed by atoms with Crippen LogP contribution in [0.2, 0.25) is 0 Å². The van der Waals surface area contributed by atoms with E-state index in [9.17, 15) is 0 Å². The fourth-order valence-corrected chi connectivity index (χ4v) is 2.22. The Labute approximate surface area is 113 Å². The quantitative estimate of drug-likeness (QED) is 0.700. The Morgan fingerprint density at radius 3 is 2.47 bits per heavy atom. The first kappa shape index (κ1) is 12.1. The largest absolute Gasteiger partial charge is 0.493 e. The third kappa shape index (κ3) is 2.43. The number of fused-ring (bicyclic) bond motifs is 3. The van der Waals surface area contributed by atoms with Gasteiger partial charge < -0.3 is 9.72 Å². The summed E-state index contributed by atoms with van der Waals surface area (Å²) in [6.07, 6.45) is 0. The van der Waals surface area contributed by atoms with Gasteiger partial charge >= 0.3 is 0 Å². The van der Waals surface area contributed by atoms with E-state index in [1.165, 1.54) is 16.3 Å². The van der Waals surface area contributed by atoms with Gasteiger partial charge in [-0.1, -0.05) is 39.0 Å². The van der Waals surface area contributed by atoms with Gasteiger partial charge in [0.1, 0.15) is 5.75 Å². The normalized spacial score (nSPS) is 12.2. The highest BCUT2D eigenvalue weighted by Crippen LogP contribution is 2.29. The molecule has 0 unspecified atom stereocenters. The molecule has 0 atom stereocenters. The van der Waals surface area contributed by atoms with Gasteiger partial charge in [0, 0.05) is 21.8 Å². The maximum atomic E-state index is 5.88. The number of aromatic amines is 1. The highest BCUT2D eigenvalue weighted by atomic mass is 16.5. The topological polar surface area (TPSA) is 25.0 Å². The smallest absolute Gasteiger partial charge is 0.120 e. The monoisotopic (exact) mass is 253 g/mol. The Hall–Kier alpha value is -1.96. The number of nitrogens with one attached hydrogen (secondary N) is 1. The van der Waals surface area contributed by atoms with Crippen molar-refractivity contribution in [3.63, 3.8) is 0 Å². The number of para-hydroxylation sites is 1. The molecule has 0 bridgehead atoms. The second-order valence-corrected chi connectivity index (χ2v) is 6.23. The van der Waals surface area contributed by atoms with Crippen molar-refractivity contribution >= 4 is 21.8 Å². The highest BCUT2D eigenvalue weighted by molar-refractivity contribution is 6.07. The van der Waals surface area contributed by atoms with Crippen molar-refractivity contribution in [2.45, 2.75) is 20.8 Å². The fourth-order valence-electron chi connectivity index (χ4n) is 2.22. The molecule has 0 fully saturated rings. The van der Waals surface area contributed by atoms with Crippen molar-refractivity contribution in [2.75, 3.05) is 6.61 Å². The summed E-state index contributed by atoms with van der Waals surface area (Å²) >= 11 is 0. The van der Waals surface area contributed by atoms with Crippen LogP contribution >= 0.6 is 0 Å². The SMILES string of the molecule is CC(C)(C)COc1ccc2[nH]c3ccccc3c2c1. The number of H-pyrrole nitrogens is 1. The van der Waals surface area contributed by atoms with Gasteiger partial charge in [0.2, 0.25) is 0 Å². The molecule has 0 saturated heterocycles. The van der Waals surface area contributed by atoms with Crippen molar-refractivity contribution < 1.29 is 4.74 Å². The molecule has 19 heavy (non-hydrogen) atoms. The molecule has 0 aliphatic carbocycles. The molecule has 2 nitrogen and oxygen atoms in total. The van der Waals surface area contributed by atoms with E-state index >= 15 is 0 Å². The molecule has 2 aromatic carbocycles. The summed E-state index contributed by atoms with van der Waals surface area (Å²) in [6.45, 7) is 7.26. The lowest BCUT2D eigenvalue weighted by molar-refractivity contribution is 0.198. The van der Waals surface area contributed by atoms with Gasteiger partial charge in [0.15, 0.2) is 0 Å². The average molecular weight is 253 g/mol. The predicted molar refractivity (Wildman–Crippen MR) is 80.8 cm³/mol. The first-order chi connectivity index (χ1) is 9.03. The van der Waals surface area contributed by atoms with E-state index in [0.717, 1.165) is 17.9 Å². The molecule has 0 aliphatic heterocycles. The van der Waals surface area contributed by atoms with Gasteiger partial charge in [-0.3, -0.25) is 0 Å². The van der Waals surface area contributed by atoms with E-state index < -0.39 is 0 Å². The minimum atomic E-state index is 0.176. The minimum absolute atomic E-state index is 0.176. The van der Waals surface area contributed by atoms with E-state index in [4.69, 9.17) is 4.74 Å². The number of rotatable bonds is 2. The van der Waals surface area contributed by atoms with Gasteiger partial charge in [-0.15, -0.1) is 0 Å². The third-order valence-corrected chi connectivity index (χ3v) is 3.15. The Balaban J connectivity index is 2.02. The van der Waals surface area contributed by atoms with E-state index in [1.807, 2.05) is 6.07 Å². The van der Waals surface area contributed by atoms with Gasteiger partial charge in [-0.05, 0) is 29.7 Å². The molecule has 0 saturated carbocycles. The predicted octanol–water partition coefficient (Wildman–Crippen LogP) is 4.75. The van der Waals surface area contributed by atoms with Crippen LogP contribution in [0.3, 0.4) is 0 Å². The summed E-state index contributed by atoms with van der Waals surface area (Å²) in [5.74, 6) is 0.937. The molecule has 0 amide bonds. The highest BCUT2D eigenvalue weighted by Gasteiger charge is 2.11. The van der Waals surface area contributed by atoms with Crippen molar-refractivity contribution in [2.24, 2.45) is 5.41 Å². The van der Waals surface area contributed by atoms with Crippen molar-refractivity contribution in [3.8, 4) is 5.75 Å². The summed E-state index contributed by atoms with van der Waals surface area (Å²) in [5.41, 5.74) is 2.50. The Kier molecular flexibility index (Phi) is 2.74. The summed E-state index contributed by atoms with van der Waals surface area (Å²) < 4.78 is 5.88. The van der Waals surface area contributed by atoms with Crippen LogP contribution in [-0.2, 0) is 0 Å². The molecule has 1 N–H and O–H groups in total. The van der Waals surface area contributed by atoms with Gasteiger partial charge in [-0.2, -0.15) is 0 Å². The van der Waals surface area contributed by atoms with E-state index in [-0.39, 0.29) is 5.41 Å². The molecule has 0 radical (unpaired) electrons. The van der Waals surface area contributed by atoms with Crippen LogP contribution < -0.4 is 4.74 Å². The number of hydrogen-bond donors (Lipinski definition) is 1. The molecule has 0 spiro atoms. The first-order valence-electron chi connectivity index (χ1n) is 6.66. The summed E-state index contributed by atoms with van der Waals surface area (Å²) in [4.78, 5) is 3.42. The Morgan fingerprint density at radius 2 is 1.68 bits per heavy atom. The number of benzene rings is 2. The molecule has 0 aliphatic rings. The standard InChI is InChI=1S/C17H19NO/c1-17(2,3)11-19-12-8-9-16-14(10-12)13-6-4-5-7-15(13)18-16/h4-10,18H,11H2,1-3H3. The lowest BCUT2D eigenvalue weighted by Gasteiger charge is -2.18. The number of ether oxygens (including phenoxy) is 1. The summed E-state index contributed by atoms with van der Waals surface area (Å²) in [5, 5.41) is 2.47. The molecular weight excluding hydrogens is 234 g/mol. The molecule has 1 aromatic heterocycles. The molecule has 3 aromatic rings. The van der Waals surface area contributed by atoms with Crippen LogP contribution in [0, 0.1) is 5.41 Å². The second-order valence-electron chi connectivity index (χ2n) is 6.23. The van der Waals surface area contributed by atoms with E-state index in [1.54, 1.807) is 0 Å². The lowest BCUT2D eigenvalue weighted by atomic mass is 9.99. The number of aromatic nitrogens is 1. The molecular formula is C17H19NO. The van der Waals surface area contributed by atoms with Gasteiger partial charge in [0.05, 0.1) is 6.61 Å². The lowest BCUT2D eigenvalue weighted by Crippen LogP contribution is -2.16. The Bertz CT molecular complexity index is 719. The zero-order valence-electron chi connectivity index (χ0n) is 11.7. The van der Waals surface area contributed by atoms with Crippen molar-refractivity contribution in [1.82, 2.24) is 4.98 Å². The zero-order chi connectivity index (χ0) is 13.5. The first-order valence-corrected chi connectivity index (χ1v) is 6.66. The van der Waals surface area contributed by atoms with Crippen LogP contribution in [0.25, 0.3) is 21.8 Å². The molecule has 98 valence electrons. The van der Waals surface area contributed by atoms with Gasteiger partial charge in [0.25, 0.3) is 0 Å². The second kappa shape index (κ2) is 4.30. The van der Waals surface area contributed by atoms with Crippen LogP contribution in [-0.4, -0.2) is 11.6 Å². The van der Waals surface area contributed by atoms with Crippen molar-refractivity contribution in [3.05, 3.63) is 42.5 Å².